The molecule has 0 saturated carbocycles. The van der Waals surface area contributed by atoms with Crippen LogP contribution in [0.5, 0.6) is 5.88 Å². The summed E-state index contributed by atoms with van der Waals surface area (Å²) >= 11 is 0. The molecule has 1 fully saturated rings. The van der Waals surface area contributed by atoms with Gasteiger partial charge in [-0.05, 0) is 17.7 Å². The number of likely N-dealkylation sites (N-methyl/N-ethyl adjacent to an activating group) is 1. The molecule has 0 N–H and O–H groups in total. The predicted octanol–water partition coefficient (Wildman–Crippen LogP) is 3.11. The number of urea groups is 1. The second-order valence-corrected chi connectivity index (χ2v) is 6.39. The van der Waals surface area contributed by atoms with Gasteiger partial charge in [-0.25, -0.2) is 9.78 Å². The number of aromatic nitrogens is 1. The Kier molecular flexibility index (Phi) is 5.26. The third-order valence-corrected chi connectivity index (χ3v) is 4.57. The first-order valence-corrected chi connectivity index (χ1v) is 8.45. The summed E-state index contributed by atoms with van der Waals surface area (Å²) in [7, 11) is 2.71. The molecule has 1 unspecified atom stereocenters. The van der Waals surface area contributed by atoms with Gasteiger partial charge in [0.2, 0.25) is 5.88 Å². The molecule has 6 nitrogen and oxygen atoms in total. The zero-order valence-corrected chi connectivity index (χ0v) is 15.2. The first kappa shape index (κ1) is 19.7. The van der Waals surface area contributed by atoms with E-state index >= 15 is 0 Å². The maximum Gasteiger partial charge on any atom is 0.433 e. The Balaban J connectivity index is 1.82. The fourth-order valence-electron chi connectivity index (χ4n) is 3.07. The summed E-state index contributed by atoms with van der Waals surface area (Å²) in [5.41, 5.74) is 0.00772. The summed E-state index contributed by atoms with van der Waals surface area (Å²) < 4.78 is 43.4. The van der Waals surface area contributed by atoms with E-state index in [1.54, 1.807) is 0 Å². The lowest BCUT2D eigenvalue weighted by Crippen LogP contribution is -2.33. The molecule has 1 aliphatic rings. The molecule has 3 amide bonds. The number of imide groups is 1. The van der Waals surface area contributed by atoms with Crippen molar-refractivity contribution in [3.05, 3.63) is 59.3 Å². The highest BCUT2D eigenvalue weighted by atomic mass is 19.4. The average molecular weight is 393 g/mol. The van der Waals surface area contributed by atoms with Crippen molar-refractivity contribution < 1.29 is 27.5 Å². The quantitative estimate of drug-likeness (QED) is 0.733. The van der Waals surface area contributed by atoms with Crippen molar-refractivity contribution in [3.8, 4) is 5.88 Å². The van der Waals surface area contributed by atoms with E-state index in [1.807, 2.05) is 30.3 Å². The molecule has 0 spiro atoms. The van der Waals surface area contributed by atoms with E-state index in [0.717, 1.165) is 16.5 Å². The standard InChI is InChI=1S/C19H18F3N3O3/c1-24-14(10-12-6-4-3-5-7-12)17(26)25(18(24)27)11-13-8-9-15(19(20,21)22)23-16(13)28-2/h3-9,14H,10-11H2,1-2H3. The Bertz CT molecular complexity index is 887. The summed E-state index contributed by atoms with van der Waals surface area (Å²) in [5, 5.41) is 0. The van der Waals surface area contributed by atoms with Gasteiger partial charge < -0.3 is 9.64 Å². The van der Waals surface area contributed by atoms with Gasteiger partial charge in [-0.2, -0.15) is 13.2 Å². The van der Waals surface area contributed by atoms with Gasteiger partial charge in [0, 0.05) is 19.0 Å². The second-order valence-electron chi connectivity index (χ2n) is 6.39. The molecule has 0 bridgehead atoms. The molecule has 9 heteroatoms. The molecular weight excluding hydrogens is 375 g/mol. The maximum absolute atomic E-state index is 12.8. The highest BCUT2D eigenvalue weighted by molar-refractivity contribution is 6.04. The smallest absolute Gasteiger partial charge is 0.433 e. The van der Waals surface area contributed by atoms with Gasteiger partial charge in [0.25, 0.3) is 5.91 Å². The number of hydrogen-bond acceptors (Lipinski definition) is 4. The normalized spacial score (nSPS) is 17.4. The van der Waals surface area contributed by atoms with Gasteiger partial charge in [-0.1, -0.05) is 30.3 Å². The molecule has 1 aromatic heterocycles. The lowest BCUT2D eigenvalue weighted by molar-refractivity contribution is -0.141. The largest absolute Gasteiger partial charge is 0.481 e. The minimum absolute atomic E-state index is 0.214. The number of alkyl halides is 3. The number of amides is 3. The van der Waals surface area contributed by atoms with Crippen molar-refractivity contribution in [2.75, 3.05) is 14.2 Å². The predicted molar refractivity (Wildman–Crippen MR) is 93.4 cm³/mol. The number of halogens is 3. The lowest BCUT2D eigenvalue weighted by Gasteiger charge is -2.16. The number of methoxy groups -OCH3 is 1. The summed E-state index contributed by atoms with van der Waals surface area (Å²) in [6.45, 7) is -0.221. The summed E-state index contributed by atoms with van der Waals surface area (Å²) in [6.07, 6.45) is -4.27. The van der Waals surface area contributed by atoms with E-state index in [9.17, 15) is 22.8 Å². The SMILES string of the molecule is COc1nc(C(F)(F)F)ccc1CN1C(=O)C(Cc2ccccc2)N(C)C1=O. The van der Waals surface area contributed by atoms with Crippen molar-refractivity contribution in [1.82, 2.24) is 14.8 Å². The van der Waals surface area contributed by atoms with Crippen molar-refractivity contribution in [2.45, 2.75) is 25.2 Å². The number of carbonyl (C=O) groups is 2. The van der Waals surface area contributed by atoms with Crippen LogP contribution in [-0.2, 0) is 23.9 Å². The Labute approximate surface area is 159 Å². The number of ether oxygens (including phenoxy) is 1. The number of nitrogens with zero attached hydrogens (tertiary/aromatic N) is 3. The van der Waals surface area contributed by atoms with Crippen LogP contribution in [0.3, 0.4) is 0 Å². The number of pyridine rings is 1. The van der Waals surface area contributed by atoms with Crippen LogP contribution in [0, 0.1) is 0 Å². The molecule has 2 heterocycles. The van der Waals surface area contributed by atoms with Crippen LogP contribution in [0.2, 0.25) is 0 Å². The molecular formula is C19H18F3N3O3. The maximum atomic E-state index is 12.8. The third-order valence-electron chi connectivity index (χ3n) is 4.57. The van der Waals surface area contributed by atoms with E-state index in [1.165, 1.54) is 25.1 Å². The van der Waals surface area contributed by atoms with Crippen LogP contribution in [0.15, 0.2) is 42.5 Å². The lowest BCUT2D eigenvalue weighted by atomic mass is 10.1. The van der Waals surface area contributed by atoms with E-state index < -0.39 is 29.9 Å². The third kappa shape index (κ3) is 3.78. The van der Waals surface area contributed by atoms with E-state index in [2.05, 4.69) is 4.98 Å². The van der Waals surface area contributed by atoms with Crippen LogP contribution in [-0.4, -0.2) is 46.9 Å². The van der Waals surface area contributed by atoms with E-state index in [0.29, 0.717) is 6.42 Å². The van der Waals surface area contributed by atoms with Crippen molar-refractivity contribution >= 4 is 11.9 Å². The Hall–Kier alpha value is -3.10. The Morgan fingerprint density at radius 2 is 1.79 bits per heavy atom. The minimum Gasteiger partial charge on any atom is -0.481 e. The van der Waals surface area contributed by atoms with E-state index in [-0.39, 0.29) is 18.0 Å². The van der Waals surface area contributed by atoms with Crippen LogP contribution in [0.4, 0.5) is 18.0 Å². The Morgan fingerprint density at radius 3 is 2.39 bits per heavy atom. The molecule has 0 radical (unpaired) electrons. The summed E-state index contributed by atoms with van der Waals surface area (Å²) in [4.78, 5) is 31.1. The zero-order chi connectivity index (χ0) is 20.5. The molecule has 1 aliphatic heterocycles. The molecule has 2 aromatic rings. The van der Waals surface area contributed by atoms with Crippen molar-refractivity contribution in [3.63, 3.8) is 0 Å². The van der Waals surface area contributed by atoms with Crippen molar-refractivity contribution in [2.24, 2.45) is 0 Å². The van der Waals surface area contributed by atoms with Gasteiger partial charge >= 0.3 is 12.2 Å². The fourth-order valence-corrected chi connectivity index (χ4v) is 3.07. The zero-order valence-electron chi connectivity index (χ0n) is 15.2. The molecule has 1 saturated heterocycles. The van der Waals surface area contributed by atoms with Crippen LogP contribution in [0.25, 0.3) is 0 Å². The van der Waals surface area contributed by atoms with Gasteiger partial charge in [0.1, 0.15) is 11.7 Å². The van der Waals surface area contributed by atoms with Crippen LogP contribution in [0.1, 0.15) is 16.8 Å². The number of carbonyl (C=O) groups excluding carboxylic acids is 2. The van der Waals surface area contributed by atoms with Gasteiger partial charge in [-0.3, -0.25) is 9.69 Å². The van der Waals surface area contributed by atoms with Gasteiger partial charge in [-0.15, -0.1) is 0 Å². The Morgan fingerprint density at radius 1 is 1.11 bits per heavy atom. The molecule has 148 valence electrons. The molecule has 28 heavy (non-hydrogen) atoms. The first-order chi connectivity index (χ1) is 13.2. The average Bonchev–Trinajstić information content (AvgIpc) is 2.86. The number of hydrogen-bond donors (Lipinski definition) is 0. The second kappa shape index (κ2) is 7.49. The molecule has 3 rings (SSSR count). The molecule has 0 aliphatic carbocycles. The number of benzene rings is 1. The van der Waals surface area contributed by atoms with Crippen molar-refractivity contribution in [1.29, 1.82) is 0 Å². The highest BCUT2D eigenvalue weighted by Crippen LogP contribution is 2.31. The molecule has 1 aromatic carbocycles. The van der Waals surface area contributed by atoms with Crippen LogP contribution >= 0.6 is 0 Å². The van der Waals surface area contributed by atoms with Gasteiger partial charge in [0.05, 0.1) is 13.7 Å². The molecule has 1 atom stereocenters. The summed E-state index contributed by atoms with van der Waals surface area (Å²) in [5.74, 6) is -0.692. The van der Waals surface area contributed by atoms with Gasteiger partial charge in [0.15, 0.2) is 0 Å². The van der Waals surface area contributed by atoms with E-state index in [4.69, 9.17) is 4.74 Å². The summed E-state index contributed by atoms with van der Waals surface area (Å²) in [6, 6.07) is 10.0. The topological polar surface area (TPSA) is 62.7 Å². The monoisotopic (exact) mass is 393 g/mol. The highest BCUT2D eigenvalue weighted by Gasteiger charge is 2.43. The number of rotatable bonds is 5. The van der Waals surface area contributed by atoms with Crippen LogP contribution < -0.4 is 4.74 Å². The fraction of sp³-hybridized carbons (Fsp3) is 0.316. The minimum atomic E-state index is -4.62. The first-order valence-electron chi connectivity index (χ1n) is 8.45.